The molecule has 0 spiro atoms. The number of ether oxygens (including phenoxy) is 1. The number of rotatable bonds is 4. The second-order valence-electron chi connectivity index (χ2n) is 6.45. The maximum absolute atomic E-state index is 5.79. The zero-order chi connectivity index (χ0) is 16.2. The summed E-state index contributed by atoms with van der Waals surface area (Å²) in [6.07, 6.45) is 1.80. The Kier molecular flexibility index (Phi) is 4.86. The van der Waals surface area contributed by atoms with Gasteiger partial charge in [-0.1, -0.05) is 6.07 Å². The molecular formula is C19H24N2O. The number of anilines is 1. The highest BCUT2D eigenvalue weighted by atomic mass is 16.5. The van der Waals surface area contributed by atoms with Crippen molar-refractivity contribution in [2.24, 2.45) is 5.10 Å². The van der Waals surface area contributed by atoms with E-state index in [1.54, 1.807) is 6.21 Å². The maximum atomic E-state index is 5.79. The van der Waals surface area contributed by atoms with Crippen LogP contribution in [0.3, 0.4) is 0 Å². The monoisotopic (exact) mass is 296 g/mol. The van der Waals surface area contributed by atoms with Crippen LogP contribution in [0.15, 0.2) is 47.6 Å². The molecule has 0 radical (unpaired) electrons. The summed E-state index contributed by atoms with van der Waals surface area (Å²) in [5.74, 6) is 0.867. The van der Waals surface area contributed by atoms with Crippen LogP contribution in [0.1, 0.15) is 37.5 Å². The largest absolute Gasteiger partial charge is 0.488 e. The Morgan fingerprint density at radius 3 is 2.23 bits per heavy atom. The molecular weight excluding hydrogens is 272 g/mol. The molecule has 0 fully saturated rings. The van der Waals surface area contributed by atoms with Crippen LogP contribution < -0.4 is 10.2 Å². The average molecular weight is 296 g/mol. The van der Waals surface area contributed by atoms with Crippen LogP contribution in [-0.4, -0.2) is 11.8 Å². The molecule has 0 atom stereocenters. The molecule has 22 heavy (non-hydrogen) atoms. The first-order valence-corrected chi connectivity index (χ1v) is 7.49. The van der Waals surface area contributed by atoms with E-state index in [1.165, 1.54) is 11.1 Å². The van der Waals surface area contributed by atoms with Crippen LogP contribution in [0.25, 0.3) is 0 Å². The van der Waals surface area contributed by atoms with Crippen molar-refractivity contribution in [3.8, 4) is 5.75 Å². The molecule has 2 aromatic carbocycles. The van der Waals surface area contributed by atoms with Crippen LogP contribution in [-0.2, 0) is 0 Å². The van der Waals surface area contributed by atoms with Gasteiger partial charge >= 0.3 is 0 Å². The van der Waals surface area contributed by atoms with E-state index < -0.39 is 0 Å². The molecule has 0 bridgehead atoms. The summed E-state index contributed by atoms with van der Waals surface area (Å²) in [6.45, 7) is 10.3. The Morgan fingerprint density at radius 2 is 1.64 bits per heavy atom. The predicted molar refractivity (Wildman–Crippen MR) is 94.0 cm³/mol. The molecule has 1 N–H and O–H groups in total. The van der Waals surface area contributed by atoms with Crippen molar-refractivity contribution in [1.29, 1.82) is 0 Å². The lowest BCUT2D eigenvalue weighted by Crippen LogP contribution is -2.22. The topological polar surface area (TPSA) is 33.6 Å². The Labute approximate surface area is 133 Å². The average Bonchev–Trinajstić information content (AvgIpc) is 2.43. The molecule has 0 saturated carbocycles. The summed E-state index contributed by atoms with van der Waals surface area (Å²) >= 11 is 0. The lowest BCUT2D eigenvalue weighted by molar-refractivity contribution is 0.131. The molecule has 0 aromatic heterocycles. The molecule has 0 aliphatic carbocycles. The van der Waals surface area contributed by atoms with Gasteiger partial charge in [-0.05, 0) is 87.7 Å². The fraction of sp³-hybridized carbons (Fsp3) is 0.316. The number of nitrogens with one attached hydrogen (secondary N) is 1. The third-order valence-corrected chi connectivity index (χ3v) is 3.22. The summed E-state index contributed by atoms with van der Waals surface area (Å²) in [5.41, 5.74) is 7.43. The van der Waals surface area contributed by atoms with E-state index in [-0.39, 0.29) is 5.60 Å². The summed E-state index contributed by atoms with van der Waals surface area (Å²) in [4.78, 5) is 0. The van der Waals surface area contributed by atoms with Gasteiger partial charge in [0, 0.05) is 0 Å². The minimum Gasteiger partial charge on any atom is -0.488 e. The molecule has 0 aliphatic rings. The summed E-state index contributed by atoms with van der Waals surface area (Å²) < 4.78 is 5.79. The third kappa shape index (κ3) is 4.92. The summed E-state index contributed by atoms with van der Waals surface area (Å²) in [5, 5.41) is 4.27. The summed E-state index contributed by atoms with van der Waals surface area (Å²) in [6, 6.07) is 14.1. The van der Waals surface area contributed by atoms with Crippen molar-refractivity contribution in [3.05, 3.63) is 59.2 Å². The number of hydrogen-bond acceptors (Lipinski definition) is 3. The predicted octanol–water partition coefficient (Wildman–Crippen LogP) is 4.93. The van der Waals surface area contributed by atoms with E-state index in [9.17, 15) is 0 Å². The zero-order valence-electron chi connectivity index (χ0n) is 14.0. The molecule has 2 rings (SSSR count). The number of hydrazone groups is 1. The number of nitrogens with zero attached hydrogens (tertiary/aromatic N) is 1. The molecule has 2 aromatic rings. The first-order valence-electron chi connectivity index (χ1n) is 7.49. The minimum atomic E-state index is -0.180. The molecule has 3 nitrogen and oxygen atoms in total. The Balaban J connectivity index is 1.97. The maximum Gasteiger partial charge on any atom is 0.120 e. The van der Waals surface area contributed by atoms with Crippen molar-refractivity contribution >= 4 is 11.9 Å². The van der Waals surface area contributed by atoms with Crippen molar-refractivity contribution in [2.45, 2.75) is 40.2 Å². The highest BCUT2D eigenvalue weighted by molar-refractivity contribution is 5.80. The summed E-state index contributed by atoms with van der Waals surface area (Å²) in [7, 11) is 0. The van der Waals surface area contributed by atoms with Crippen molar-refractivity contribution in [3.63, 3.8) is 0 Å². The van der Waals surface area contributed by atoms with Crippen molar-refractivity contribution < 1.29 is 4.74 Å². The van der Waals surface area contributed by atoms with Crippen LogP contribution >= 0.6 is 0 Å². The van der Waals surface area contributed by atoms with Crippen molar-refractivity contribution in [1.82, 2.24) is 0 Å². The molecule has 0 saturated heterocycles. The molecule has 0 aliphatic heterocycles. The Hall–Kier alpha value is -2.29. The van der Waals surface area contributed by atoms with Crippen molar-refractivity contribution in [2.75, 3.05) is 5.43 Å². The smallest absolute Gasteiger partial charge is 0.120 e. The lowest BCUT2D eigenvalue weighted by atomic mass is 10.1. The Bertz CT molecular complexity index is 652. The quantitative estimate of drug-likeness (QED) is 0.641. The van der Waals surface area contributed by atoms with Gasteiger partial charge in [0.25, 0.3) is 0 Å². The van der Waals surface area contributed by atoms with Crippen LogP contribution in [0.4, 0.5) is 5.69 Å². The first kappa shape index (κ1) is 16.1. The second-order valence-corrected chi connectivity index (χ2v) is 6.45. The van der Waals surface area contributed by atoms with Gasteiger partial charge in [-0.2, -0.15) is 5.10 Å². The highest BCUT2D eigenvalue weighted by Gasteiger charge is 2.10. The third-order valence-electron chi connectivity index (χ3n) is 3.22. The lowest BCUT2D eigenvalue weighted by Gasteiger charge is -2.21. The fourth-order valence-electron chi connectivity index (χ4n) is 1.97. The van der Waals surface area contributed by atoms with E-state index in [0.717, 1.165) is 17.0 Å². The second kappa shape index (κ2) is 6.65. The van der Waals surface area contributed by atoms with E-state index in [1.807, 2.05) is 51.1 Å². The van der Waals surface area contributed by atoms with Crippen LogP contribution in [0.5, 0.6) is 5.75 Å². The highest BCUT2D eigenvalue weighted by Crippen LogP contribution is 2.18. The van der Waals surface area contributed by atoms with E-state index in [0.29, 0.717) is 0 Å². The number of hydrogen-bond donors (Lipinski definition) is 1. The SMILES string of the molecule is Cc1ccc(N/N=C/c2ccc(OC(C)(C)C)cc2)cc1C. The molecule has 116 valence electrons. The Morgan fingerprint density at radius 1 is 0.955 bits per heavy atom. The van der Waals surface area contributed by atoms with Gasteiger partial charge in [-0.3, -0.25) is 5.43 Å². The van der Waals surface area contributed by atoms with Gasteiger partial charge in [-0.25, -0.2) is 0 Å². The van der Waals surface area contributed by atoms with Gasteiger partial charge in [-0.15, -0.1) is 0 Å². The number of aryl methyl sites for hydroxylation is 2. The zero-order valence-corrected chi connectivity index (χ0v) is 14.0. The molecule has 0 unspecified atom stereocenters. The van der Waals surface area contributed by atoms with Gasteiger partial charge in [0.05, 0.1) is 11.9 Å². The minimum absolute atomic E-state index is 0.180. The first-order chi connectivity index (χ1) is 10.3. The number of benzene rings is 2. The normalized spacial score (nSPS) is 11.7. The standard InChI is InChI=1S/C19H24N2O/c1-14-6-9-17(12-15(14)2)21-20-13-16-7-10-18(11-8-16)22-19(3,4)5/h6-13,21H,1-5H3/b20-13+. The van der Waals surface area contributed by atoms with E-state index >= 15 is 0 Å². The van der Waals surface area contributed by atoms with Gasteiger partial charge in [0.1, 0.15) is 11.4 Å². The molecule has 0 amide bonds. The van der Waals surface area contributed by atoms with Gasteiger partial charge in [0.2, 0.25) is 0 Å². The van der Waals surface area contributed by atoms with E-state index in [4.69, 9.17) is 4.74 Å². The van der Waals surface area contributed by atoms with E-state index in [2.05, 4.69) is 36.5 Å². The van der Waals surface area contributed by atoms with Crippen LogP contribution in [0.2, 0.25) is 0 Å². The molecule has 0 heterocycles. The fourth-order valence-corrected chi connectivity index (χ4v) is 1.97. The van der Waals surface area contributed by atoms with Gasteiger partial charge < -0.3 is 4.74 Å². The van der Waals surface area contributed by atoms with Gasteiger partial charge in [0.15, 0.2) is 0 Å². The molecule has 3 heteroatoms. The van der Waals surface area contributed by atoms with Crippen LogP contribution in [0, 0.1) is 13.8 Å².